The normalized spacial score (nSPS) is 9.89. The van der Waals surface area contributed by atoms with E-state index in [2.05, 4.69) is 43.4 Å². The van der Waals surface area contributed by atoms with E-state index in [4.69, 9.17) is 5.26 Å². The first-order chi connectivity index (χ1) is 8.60. The second kappa shape index (κ2) is 4.93. The Kier molecular flexibility index (Phi) is 3.34. The van der Waals surface area contributed by atoms with Gasteiger partial charge in [-0.05, 0) is 55.7 Å². The molecule has 18 heavy (non-hydrogen) atoms. The van der Waals surface area contributed by atoms with Gasteiger partial charge >= 0.3 is 0 Å². The number of nitrogens with one attached hydrogen (secondary N) is 1. The smallest absolute Gasteiger partial charge is 0.101 e. The molecule has 2 heteroatoms. The lowest BCUT2D eigenvalue weighted by Crippen LogP contribution is -1.96. The van der Waals surface area contributed by atoms with Crippen LogP contribution in [0.3, 0.4) is 0 Å². The van der Waals surface area contributed by atoms with Gasteiger partial charge in [-0.3, -0.25) is 0 Å². The Morgan fingerprint density at radius 3 is 2.28 bits per heavy atom. The molecule has 0 aliphatic carbocycles. The minimum absolute atomic E-state index is 0.677. The zero-order valence-electron chi connectivity index (χ0n) is 10.9. The lowest BCUT2D eigenvalue weighted by molar-refractivity contribution is 1.36. The number of hydrogen-bond donors (Lipinski definition) is 1. The Labute approximate surface area is 108 Å². The van der Waals surface area contributed by atoms with E-state index in [0.29, 0.717) is 5.56 Å². The van der Waals surface area contributed by atoms with E-state index in [0.717, 1.165) is 16.9 Å². The third-order valence-electron chi connectivity index (χ3n) is 2.96. The van der Waals surface area contributed by atoms with Crippen LogP contribution in [0.15, 0.2) is 36.4 Å². The Morgan fingerprint density at radius 1 is 0.889 bits per heavy atom. The molecular weight excluding hydrogens is 220 g/mol. The molecule has 0 aliphatic rings. The fraction of sp³-hybridized carbons (Fsp3) is 0.188. The van der Waals surface area contributed by atoms with Crippen molar-refractivity contribution in [2.45, 2.75) is 20.8 Å². The minimum Gasteiger partial charge on any atom is -0.354 e. The molecule has 2 rings (SSSR count). The van der Waals surface area contributed by atoms with E-state index in [1.54, 1.807) is 0 Å². The number of anilines is 2. The number of rotatable bonds is 2. The number of benzene rings is 2. The second-order valence-electron chi connectivity index (χ2n) is 4.60. The first kappa shape index (κ1) is 12.2. The van der Waals surface area contributed by atoms with Gasteiger partial charge in [-0.1, -0.05) is 18.2 Å². The summed E-state index contributed by atoms with van der Waals surface area (Å²) >= 11 is 0. The average Bonchev–Trinajstić information content (AvgIpc) is 2.36. The van der Waals surface area contributed by atoms with Gasteiger partial charge in [-0.15, -0.1) is 0 Å². The number of nitrogens with zero attached hydrogens (tertiary/aromatic N) is 1. The molecule has 0 amide bonds. The lowest BCUT2D eigenvalue weighted by atomic mass is 10.1. The zero-order valence-corrected chi connectivity index (χ0v) is 10.9. The molecule has 0 saturated heterocycles. The molecule has 1 N–H and O–H groups in total. The highest BCUT2D eigenvalue weighted by molar-refractivity contribution is 5.69. The second-order valence-corrected chi connectivity index (χ2v) is 4.60. The summed E-state index contributed by atoms with van der Waals surface area (Å²) in [7, 11) is 0. The monoisotopic (exact) mass is 236 g/mol. The van der Waals surface area contributed by atoms with E-state index < -0.39 is 0 Å². The maximum Gasteiger partial charge on any atom is 0.101 e. The summed E-state index contributed by atoms with van der Waals surface area (Å²) < 4.78 is 0. The van der Waals surface area contributed by atoms with E-state index in [-0.39, 0.29) is 0 Å². The quantitative estimate of drug-likeness (QED) is 0.847. The third-order valence-corrected chi connectivity index (χ3v) is 2.96. The van der Waals surface area contributed by atoms with Crippen LogP contribution in [0.25, 0.3) is 0 Å². The molecule has 0 radical (unpaired) electrons. The van der Waals surface area contributed by atoms with Crippen molar-refractivity contribution in [1.82, 2.24) is 0 Å². The molecular formula is C16H16N2. The SMILES string of the molecule is Cc1ccc(Nc2cc(C)ccc2C)c(C#N)c1. The molecule has 0 saturated carbocycles. The molecule has 0 spiro atoms. The van der Waals surface area contributed by atoms with Crippen LogP contribution in [0.1, 0.15) is 22.3 Å². The van der Waals surface area contributed by atoms with E-state index in [1.807, 2.05) is 25.1 Å². The van der Waals surface area contributed by atoms with Gasteiger partial charge in [-0.25, -0.2) is 0 Å². The van der Waals surface area contributed by atoms with Crippen molar-refractivity contribution in [3.63, 3.8) is 0 Å². The van der Waals surface area contributed by atoms with E-state index >= 15 is 0 Å². The van der Waals surface area contributed by atoms with Gasteiger partial charge in [-0.2, -0.15) is 5.26 Å². The first-order valence-electron chi connectivity index (χ1n) is 5.95. The molecule has 0 atom stereocenters. The summed E-state index contributed by atoms with van der Waals surface area (Å²) in [6.45, 7) is 6.11. The third kappa shape index (κ3) is 2.52. The van der Waals surface area contributed by atoms with Gasteiger partial charge in [0.1, 0.15) is 6.07 Å². The molecule has 2 nitrogen and oxygen atoms in total. The van der Waals surface area contributed by atoms with Crippen LogP contribution in [0.5, 0.6) is 0 Å². The van der Waals surface area contributed by atoms with Crippen molar-refractivity contribution in [3.8, 4) is 6.07 Å². The molecule has 0 heterocycles. The van der Waals surface area contributed by atoms with Crippen molar-refractivity contribution >= 4 is 11.4 Å². The fourth-order valence-corrected chi connectivity index (χ4v) is 1.88. The zero-order chi connectivity index (χ0) is 13.1. The fourth-order valence-electron chi connectivity index (χ4n) is 1.88. The van der Waals surface area contributed by atoms with Crippen molar-refractivity contribution in [3.05, 3.63) is 58.7 Å². The van der Waals surface area contributed by atoms with Crippen molar-refractivity contribution < 1.29 is 0 Å². The summed E-state index contributed by atoms with van der Waals surface area (Å²) in [4.78, 5) is 0. The Morgan fingerprint density at radius 2 is 1.56 bits per heavy atom. The standard InChI is InChI=1S/C16H16N2/c1-11-5-7-15(14(8-11)10-17)18-16-9-12(2)4-6-13(16)3/h4-9,18H,1-3H3. The molecule has 90 valence electrons. The van der Waals surface area contributed by atoms with Gasteiger partial charge in [0.15, 0.2) is 0 Å². The van der Waals surface area contributed by atoms with Crippen LogP contribution in [-0.4, -0.2) is 0 Å². The van der Waals surface area contributed by atoms with Crippen molar-refractivity contribution in [2.24, 2.45) is 0 Å². The summed E-state index contributed by atoms with van der Waals surface area (Å²) in [5.74, 6) is 0. The van der Waals surface area contributed by atoms with Gasteiger partial charge in [0.2, 0.25) is 0 Å². The van der Waals surface area contributed by atoms with Gasteiger partial charge in [0.05, 0.1) is 11.3 Å². The van der Waals surface area contributed by atoms with Gasteiger partial charge < -0.3 is 5.32 Å². The molecule has 0 aromatic heterocycles. The predicted molar refractivity (Wildman–Crippen MR) is 75.1 cm³/mol. The van der Waals surface area contributed by atoms with Crippen molar-refractivity contribution in [2.75, 3.05) is 5.32 Å². The van der Waals surface area contributed by atoms with Crippen LogP contribution >= 0.6 is 0 Å². The topological polar surface area (TPSA) is 35.8 Å². The van der Waals surface area contributed by atoms with Gasteiger partial charge in [0.25, 0.3) is 0 Å². The highest BCUT2D eigenvalue weighted by Crippen LogP contribution is 2.24. The number of aryl methyl sites for hydroxylation is 3. The predicted octanol–water partition coefficient (Wildman–Crippen LogP) is 4.23. The summed E-state index contributed by atoms with van der Waals surface area (Å²) in [5, 5.41) is 12.5. The summed E-state index contributed by atoms with van der Waals surface area (Å²) in [5.41, 5.74) is 6.06. The summed E-state index contributed by atoms with van der Waals surface area (Å²) in [6.07, 6.45) is 0. The van der Waals surface area contributed by atoms with Gasteiger partial charge in [0, 0.05) is 5.69 Å². The molecule has 0 bridgehead atoms. The highest BCUT2D eigenvalue weighted by Gasteiger charge is 2.04. The Hall–Kier alpha value is -2.27. The van der Waals surface area contributed by atoms with E-state index in [9.17, 15) is 0 Å². The summed E-state index contributed by atoms with van der Waals surface area (Å²) in [6, 6.07) is 14.3. The van der Waals surface area contributed by atoms with Crippen LogP contribution < -0.4 is 5.32 Å². The average molecular weight is 236 g/mol. The minimum atomic E-state index is 0.677. The van der Waals surface area contributed by atoms with Crippen LogP contribution in [0, 0.1) is 32.1 Å². The van der Waals surface area contributed by atoms with Crippen LogP contribution in [-0.2, 0) is 0 Å². The molecule has 0 unspecified atom stereocenters. The maximum absolute atomic E-state index is 9.15. The molecule has 2 aromatic rings. The number of hydrogen-bond acceptors (Lipinski definition) is 2. The van der Waals surface area contributed by atoms with Crippen LogP contribution in [0.4, 0.5) is 11.4 Å². The first-order valence-corrected chi connectivity index (χ1v) is 5.95. The van der Waals surface area contributed by atoms with Crippen LogP contribution in [0.2, 0.25) is 0 Å². The molecule has 0 fully saturated rings. The number of nitriles is 1. The Balaban J connectivity index is 2.40. The lowest BCUT2D eigenvalue weighted by Gasteiger charge is -2.12. The molecule has 0 aliphatic heterocycles. The Bertz CT molecular complexity index is 621. The maximum atomic E-state index is 9.15. The molecule has 2 aromatic carbocycles. The van der Waals surface area contributed by atoms with E-state index in [1.165, 1.54) is 11.1 Å². The highest BCUT2D eigenvalue weighted by atomic mass is 14.9. The largest absolute Gasteiger partial charge is 0.354 e. The van der Waals surface area contributed by atoms with Crippen molar-refractivity contribution in [1.29, 1.82) is 5.26 Å².